The van der Waals surface area contributed by atoms with Crippen molar-refractivity contribution in [1.29, 1.82) is 0 Å². The number of aliphatic hydroxyl groups excluding tert-OH is 1. The maximum Gasteiger partial charge on any atom is 0.300 e. The number of benzene rings is 1. The van der Waals surface area contributed by atoms with Crippen molar-refractivity contribution in [1.82, 2.24) is 0 Å². The molecule has 0 aliphatic carbocycles. The van der Waals surface area contributed by atoms with E-state index in [2.05, 4.69) is 20.1 Å². The highest BCUT2D eigenvalue weighted by Gasteiger charge is 2.30. The van der Waals surface area contributed by atoms with Crippen molar-refractivity contribution in [2.24, 2.45) is 0 Å². The van der Waals surface area contributed by atoms with E-state index in [0.717, 1.165) is 18.4 Å². The summed E-state index contributed by atoms with van der Waals surface area (Å²) in [6.45, 7) is -0.640. The zero-order valence-electron chi connectivity index (χ0n) is 15.4. The fourth-order valence-electron chi connectivity index (χ4n) is 2.50. The molecule has 0 unspecified atom stereocenters. The van der Waals surface area contributed by atoms with Gasteiger partial charge in [0.1, 0.15) is 5.69 Å². The van der Waals surface area contributed by atoms with Crippen LogP contribution in [0.25, 0.3) is 0 Å². The summed E-state index contributed by atoms with van der Waals surface area (Å²) in [5, 5.41) is 32.0. The zero-order valence-corrected chi connectivity index (χ0v) is 17.8. The Labute approximate surface area is 175 Å². The molecule has 1 aromatic rings. The molecule has 12 nitrogen and oxygen atoms in total. The number of Topliss-reactive ketones (excluding diaryl/α,β-unsaturated/α-hetero) is 1. The van der Waals surface area contributed by atoms with E-state index >= 15 is 0 Å². The number of nitro benzene ring substituents is 2. The Morgan fingerprint density at radius 3 is 2.38 bits per heavy atom. The number of anilines is 1. The summed E-state index contributed by atoms with van der Waals surface area (Å²) in [5.74, 6) is -0.621. The highest BCUT2D eigenvalue weighted by atomic mass is 79.9. The van der Waals surface area contributed by atoms with Crippen LogP contribution in [0.2, 0.25) is 0 Å². The molecule has 0 radical (unpaired) electrons. The Morgan fingerprint density at radius 2 is 1.90 bits per heavy atom. The number of non-ortho nitro benzene ring substituents is 1. The number of nitrogens with zero attached hydrogens (tertiary/aromatic N) is 3. The number of alkyl halides is 1. The summed E-state index contributed by atoms with van der Waals surface area (Å²) >= 11 is 3.18. The fraction of sp³-hybridized carbons (Fsp3) is 0.533. The summed E-state index contributed by atoms with van der Waals surface area (Å²) in [6, 6.07) is 1.69. The van der Waals surface area contributed by atoms with Crippen LogP contribution in [0.3, 0.4) is 0 Å². The molecule has 14 heteroatoms. The molecular formula is C15H20BrN3O9S. The minimum absolute atomic E-state index is 0.0738. The van der Waals surface area contributed by atoms with Gasteiger partial charge in [0.2, 0.25) is 0 Å². The van der Waals surface area contributed by atoms with E-state index in [-0.39, 0.29) is 50.4 Å². The van der Waals surface area contributed by atoms with Gasteiger partial charge in [0.05, 0.1) is 34.3 Å². The molecule has 1 rings (SSSR count). The Bertz CT molecular complexity index is 876. The van der Waals surface area contributed by atoms with Crippen molar-refractivity contribution < 1.29 is 32.3 Å². The number of nitro groups is 2. The van der Waals surface area contributed by atoms with Crippen LogP contribution in [-0.4, -0.2) is 67.0 Å². The van der Waals surface area contributed by atoms with Crippen LogP contribution in [0.15, 0.2) is 12.1 Å². The minimum atomic E-state index is -3.76. The molecule has 0 saturated carbocycles. The van der Waals surface area contributed by atoms with E-state index in [9.17, 15) is 33.4 Å². The number of halogens is 1. The lowest BCUT2D eigenvalue weighted by molar-refractivity contribution is -0.393. The van der Waals surface area contributed by atoms with Crippen molar-refractivity contribution in [3.05, 3.63) is 37.9 Å². The minimum Gasteiger partial charge on any atom is -0.396 e. The number of hydrogen-bond acceptors (Lipinski definition) is 10. The van der Waals surface area contributed by atoms with E-state index < -0.39 is 37.1 Å². The van der Waals surface area contributed by atoms with Gasteiger partial charge in [0.25, 0.3) is 21.5 Å². The Kier molecular flexibility index (Phi) is 9.55. The van der Waals surface area contributed by atoms with Gasteiger partial charge in [0.15, 0.2) is 5.78 Å². The third-order valence-corrected chi connectivity index (χ3v) is 4.62. The standard InChI is InChI=1S/C15H20BrN3O9S/c1-29(26,27)28-8-6-17(5-4-16)15-12(14(21)3-2-7-20)9-11(18(22)23)10-13(15)19(24)25/h9-10,20H,2-8H2,1H3. The van der Waals surface area contributed by atoms with E-state index in [0.29, 0.717) is 5.33 Å². The Hall–Kier alpha value is -2.16. The fourth-order valence-corrected chi connectivity index (χ4v) is 3.31. The van der Waals surface area contributed by atoms with Gasteiger partial charge in [-0.15, -0.1) is 0 Å². The average Bonchev–Trinajstić information content (AvgIpc) is 2.63. The molecule has 0 atom stereocenters. The summed E-state index contributed by atoms with van der Waals surface area (Å²) in [4.78, 5) is 35.0. The predicted octanol–water partition coefficient (Wildman–Crippen LogP) is 1.64. The molecule has 0 saturated heterocycles. The number of carbonyl (C=O) groups excluding carboxylic acids is 1. The number of rotatable bonds is 13. The van der Waals surface area contributed by atoms with Gasteiger partial charge in [0, 0.05) is 37.5 Å². The largest absolute Gasteiger partial charge is 0.396 e. The maximum absolute atomic E-state index is 12.6. The highest BCUT2D eigenvalue weighted by Crippen LogP contribution is 2.37. The lowest BCUT2D eigenvalue weighted by atomic mass is 10.0. The molecule has 162 valence electrons. The van der Waals surface area contributed by atoms with Crippen LogP contribution in [0.1, 0.15) is 23.2 Å². The molecule has 0 bridgehead atoms. The second-order valence-electron chi connectivity index (χ2n) is 5.83. The highest BCUT2D eigenvalue weighted by molar-refractivity contribution is 9.09. The van der Waals surface area contributed by atoms with Crippen molar-refractivity contribution in [2.45, 2.75) is 12.8 Å². The Balaban J connectivity index is 3.55. The molecule has 0 spiro atoms. The molecule has 1 aromatic carbocycles. The maximum atomic E-state index is 12.6. The van der Waals surface area contributed by atoms with Crippen molar-refractivity contribution in [2.75, 3.05) is 42.8 Å². The second kappa shape index (κ2) is 11.1. The van der Waals surface area contributed by atoms with E-state index in [1.54, 1.807) is 0 Å². The lowest BCUT2D eigenvalue weighted by Gasteiger charge is -2.25. The predicted molar refractivity (Wildman–Crippen MR) is 107 cm³/mol. The molecule has 0 fully saturated rings. The topological polar surface area (TPSA) is 170 Å². The van der Waals surface area contributed by atoms with Gasteiger partial charge in [-0.05, 0) is 6.42 Å². The number of ketones is 1. The van der Waals surface area contributed by atoms with Gasteiger partial charge < -0.3 is 10.0 Å². The van der Waals surface area contributed by atoms with Crippen LogP contribution >= 0.6 is 15.9 Å². The lowest BCUT2D eigenvalue weighted by Crippen LogP contribution is -2.32. The van der Waals surface area contributed by atoms with Gasteiger partial charge in [-0.25, -0.2) is 0 Å². The molecule has 0 aliphatic heterocycles. The zero-order chi connectivity index (χ0) is 22.2. The van der Waals surface area contributed by atoms with Gasteiger partial charge in [-0.2, -0.15) is 8.42 Å². The SMILES string of the molecule is CS(=O)(=O)OCCN(CCBr)c1c(C(=O)CCCO)cc([N+](=O)[O-])cc1[N+](=O)[O-]. The summed E-state index contributed by atoms with van der Waals surface area (Å²) in [7, 11) is -3.76. The quantitative estimate of drug-likeness (QED) is 0.139. The van der Waals surface area contributed by atoms with Crippen LogP contribution < -0.4 is 4.90 Å². The van der Waals surface area contributed by atoms with Crippen molar-refractivity contribution >= 4 is 48.9 Å². The van der Waals surface area contributed by atoms with Crippen LogP contribution in [0.5, 0.6) is 0 Å². The first-order valence-corrected chi connectivity index (χ1v) is 11.2. The first kappa shape index (κ1) is 24.9. The normalized spacial score (nSPS) is 11.3. The first-order valence-electron chi connectivity index (χ1n) is 8.28. The Morgan fingerprint density at radius 1 is 1.24 bits per heavy atom. The number of aliphatic hydroxyl groups is 1. The van der Waals surface area contributed by atoms with Gasteiger partial charge in [-0.3, -0.25) is 29.2 Å². The van der Waals surface area contributed by atoms with Crippen LogP contribution in [0.4, 0.5) is 17.1 Å². The molecule has 29 heavy (non-hydrogen) atoms. The third kappa shape index (κ3) is 7.64. The molecule has 0 aromatic heterocycles. The molecule has 0 amide bonds. The summed E-state index contributed by atoms with van der Waals surface area (Å²) in [6.07, 6.45) is 0.744. The molecule has 0 aliphatic rings. The van der Waals surface area contributed by atoms with Crippen molar-refractivity contribution in [3.63, 3.8) is 0 Å². The van der Waals surface area contributed by atoms with Crippen LogP contribution in [0, 0.1) is 20.2 Å². The molecule has 1 N–H and O–H groups in total. The van der Waals surface area contributed by atoms with Crippen molar-refractivity contribution in [3.8, 4) is 0 Å². The summed E-state index contributed by atoms with van der Waals surface area (Å²) < 4.78 is 27.0. The second-order valence-corrected chi connectivity index (χ2v) is 8.26. The summed E-state index contributed by atoms with van der Waals surface area (Å²) in [5.41, 5.74) is -1.70. The third-order valence-electron chi connectivity index (χ3n) is 3.67. The number of carbonyl (C=O) groups is 1. The van der Waals surface area contributed by atoms with E-state index in [1.165, 1.54) is 4.90 Å². The molecular weight excluding hydrogens is 478 g/mol. The number of hydrogen-bond donors (Lipinski definition) is 1. The average molecular weight is 498 g/mol. The first-order chi connectivity index (χ1) is 13.5. The van der Waals surface area contributed by atoms with E-state index in [4.69, 9.17) is 5.11 Å². The van der Waals surface area contributed by atoms with Gasteiger partial charge >= 0.3 is 0 Å². The van der Waals surface area contributed by atoms with Crippen LogP contribution in [-0.2, 0) is 14.3 Å². The molecule has 0 heterocycles. The smallest absolute Gasteiger partial charge is 0.300 e. The van der Waals surface area contributed by atoms with Gasteiger partial charge in [-0.1, -0.05) is 15.9 Å². The monoisotopic (exact) mass is 497 g/mol. The van der Waals surface area contributed by atoms with E-state index in [1.807, 2.05) is 0 Å².